The van der Waals surface area contributed by atoms with E-state index in [2.05, 4.69) is 31.8 Å². The molecule has 0 aliphatic carbocycles. The number of nitrogens with one attached hydrogen (secondary N) is 2. The van der Waals surface area contributed by atoms with E-state index in [1.807, 2.05) is 6.07 Å². The van der Waals surface area contributed by atoms with Gasteiger partial charge < -0.3 is 14.8 Å². The molecule has 0 atom stereocenters. The first-order valence-electron chi connectivity index (χ1n) is 9.96. The fourth-order valence-electron chi connectivity index (χ4n) is 2.85. The van der Waals surface area contributed by atoms with Crippen molar-refractivity contribution in [2.45, 2.75) is 6.61 Å². The lowest BCUT2D eigenvalue weighted by atomic mass is 10.2. The first kappa shape index (κ1) is 25.6. The van der Waals surface area contributed by atoms with Crippen LogP contribution in [0.3, 0.4) is 0 Å². The smallest absolute Gasteiger partial charge is 0.259 e. The fraction of sp³-hybridized carbons (Fsp3) is 0.125. The van der Waals surface area contributed by atoms with E-state index < -0.39 is 11.8 Å². The van der Waals surface area contributed by atoms with Gasteiger partial charge >= 0.3 is 0 Å². The van der Waals surface area contributed by atoms with Gasteiger partial charge in [0.1, 0.15) is 18.1 Å². The normalized spacial score (nSPS) is 10.7. The third-order valence-corrected chi connectivity index (χ3v) is 5.60. The van der Waals surface area contributed by atoms with Crippen LogP contribution in [-0.2, 0) is 11.4 Å². The van der Waals surface area contributed by atoms with Gasteiger partial charge in [-0.3, -0.25) is 9.59 Å². The molecule has 3 aromatic carbocycles. The SMILES string of the molecule is COc1ccccc1C(=O)NCC(=O)NN=Cc1cc(Br)ccc1OCc1ccc(Cl)cc1Cl. The molecule has 3 aromatic rings. The minimum Gasteiger partial charge on any atom is -0.496 e. The maximum atomic E-state index is 12.3. The highest BCUT2D eigenvalue weighted by Crippen LogP contribution is 2.26. The van der Waals surface area contributed by atoms with E-state index in [9.17, 15) is 9.59 Å². The summed E-state index contributed by atoms with van der Waals surface area (Å²) in [6, 6.07) is 17.3. The van der Waals surface area contributed by atoms with Crippen LogP contribution < -0.4 is 20.2 Å². The highest BCUT2D eigenvalue weighted by Gasteiger charge is 2.12. The van der Waals surface area contributed by atoms with E-state index in [0.717, 1.165) is 10.0 Å². The van der Waals surface area contributed by atoms with Crippen molar-refractivity contribution in [1.29, 1.82) is 0 Å². The van der Waals surface area contributed by atoms with Crippen LogP contribution in [0.5, 0.6) is 11.5 Å². The maximum Gasteiger partial charge on any atom is 0.259 e. The minimum absolute atomic E-state index is 0.222. The summed E-state index contributed by atoms with van der Waals surface area (Å²) < 4.78 is 11.8. The topological polar surface area (TPSA) is 89.0 Å². The summed E-state index contributed by atoms with van der Waals surface area (Å²) in [4.78, 5) is 24.4. The molecule has 10 heteroatoms. The summed E-state index contributed by atoms with van der Waals surface area (Å²) in [5.41, 5.74) is 4.11. The maximum absolute atomic E-state index is 12.3. The van der Waals surface area contributed by atoms with E-state index in [4.69, 9.17) is 32.7 Å². The molecule has 176 valence electrons. The van der Waals surface area contributed by atoms with Crippen LogP contribution in [-0.4, -0.2) is 31.7 Å². The molecule has 3 rings (SSSR count). The van der Waals surface area contributed by atoms with Crippen LogP contribution >= 0.6 is 39.1 Å². The summed E-state index contributed by atoms with van der Waals surface area (Å²) in [6.07, 6.45) is 1.45. The van der Waals surface area contributed by atoms with Gasteiger partial charge in [0.05, 0.1) is 25.4 Å². The Labute approximate surface area is 215 Å². The number of halogens is 3. The molecule has 34 heavy (non-hydrogen) atoms. The number of hydrogen-bond acceptors (Lipinski definition) is 5. The molecule has 7 nitrogen and oxygen atoms in total. The molecular weight excluding hydrogens is 545 g/mol. The van der Waals surface area contributed by atoms with Crippen molar-refractivity contribution in [3.63, 3.8) is 0 Å². The number of ether oxygens (including phenoxy) is 2. The lowest BCUT2D eigenvalue weighted by Crippen LogP contribution is -2.35. The molecule has 0 aliphatic heterocycles. The second-order valence-corrected chi connectivity index (χ2v) is 8.64. The largest absolute Gasteiger partial charge is 0.496 e. The number of hydrogen-bond donors (Lipinski definition) is 2. The van der Waals surface area contributed by atoms with Crippen LogP contribution in [0.2, 0.25) is 10.0 Å². The zero-order chi connectivity index (χ0) is 24.5. The number of benzene rings is 3. The Morgan fingerprint density at radius 2 is 1.85 bits per heavy atom. The van der Waals surface area contributed by atoms with Gasteiger partial charge in [0, 0.05) is 25.6 Å². The highest BCUT2D eigenvalue weighted by atomic mass is 79.9. The van der Waals surface area contributed by atoms with Crippen LogP contribution in [0.25, 0.3) is 0 Å². The van der Waals surface area contributed by atoms with Gasteiger partial charge in [0.25, 0.3) is 11.8 Å². The molecule has 0 radical (unpaired) electrons. The van der Waals surface area contributed by atoms with Gasteiger partial charge in [0.2, 0.25) is 0 Å². The van der Waals surface area contributed by atoms with Crippen LogP contribution in [0, 0.1) is 0 Å². The third kappa shape index (κ3) is 7.21. The fourth-order valence-corrected chi connectivity index (χ4v) is 3.69. The Hall–Kier alpha value is -3.07. The van der Waals surface area contributed by atoms with Crippen molar-refractivity contribution in [1.82, 2.24) is 10.7 Å². The quantitative estimate of drug-likeness (QED) is 0.275. The number of nitrogens with zero attached hydrogens (tertiary/aromatic N) is 1. The van der Waals surface area contributed by atoms with Crippen molar-refractivity contribution in [3.8, 4) is 11.5 Å². The molecular formula is C24H20BrCl2N3O4. The molecule has 0 spiro atoms. The highest BCUT2D eigenvalue weighted by molar-refractivity contribution is 9.10. The number of hydrazone groups is 1. The molecule has 0 aliphatic rings. The molecule has 2 amide bonds. The van der Waals surface area contributed by atoms with Gasteiger partial charge in [-0.05, 0) is 42.5 Å². The molecule has 0 heterocycles. The van der Waals surface area contributed by atoms with Crippen LogP contribution in [0.4, 0.5) is 0 Å². The lowest BCUT2D eigenvalue weighted by Gasteiger charge is -2.11. The monoisotopic (exact) mass is 563 g/mol. The summed E-state index contributed by atoms with van der Waals surface area (Å²) in [6.45, 7) is -0.0368. The first-order valence-corrected chi connectivity index (χ1v) is 11.5. The second-order valence-electron chi connectivity index (χ2n) is 6.88. The Morgan fingerprint density at radius 1 is 1.06 bits per heavy atom. The van der Waals surface area contributed by atoms with Crippen molar-refractivity contribution in [2.75, 3.05) is 13.7 Å². The summed E-state index contributed by atoms with van der Waals surface area (Å²) in [5, 5.41) is 7.54. The number of carbonyl (C=O) groups is 2. The molecule has 0 fully saturated rings. The predicted octanol–water partition coefficient (Wildman–Crippen LogP) is 5.22. The van der Waals surface area contributed by atoms with Gasteiger partial charge in [-0.25, -0.2) is 5.43 Å². The first-order chi connectivity index (χ1) is 16.4. The van der Waals surface area contributed by atoms with Crippen molar-refractivity contribution >= 4 is 57.2 Å². The average molecular weight is 565 g/mol. The molecule has 2 N–H and O–H groups in total. The number of amides is 2. The van der Waals surface area contributed by atoms with Crippen molar-refractivity contribution < 1.29 is 19.1 Å². The Kier molecular flexibility index (Phi) is 9.33. The molecule has 0 bridgehead atoms. The number of carbonyl (C=O) groups excluding carboxylic acids is 2. The van der Waals surface area contributed by atoms with Crippen molar-refractivity contribution in [3.05, 3.63) is 91.9 Å². The van der Waals surface area contributed by atoms with E-state index in [0.29, 0.717) is 32.7 Å². The van der Waals surface area contributed by atoms with Gasteiger partial charge in [0.15, 0.2) is 0 Å². The zero-order valence-electron chi connectivity index (χ0n) is 18.0. The lowest BCUT2D eigenvalue weighted by molar-refractivity contribution is -0.120. The predicted molar refractivity (Wildman–Crippen MR) is 136 cm³/mol. The second kappa shape index (κ2) is 12.4. The summed E-state index contributed by atoms with van der Waals surface area (Å²) in [7, 11) is 1.47. The third-order valence-electron chi connectivity index (χ3n) is 4.52. The van der Waals surface area contributed by atoms with Crippen molar-refractivity contribution in [2.24, 2.45) is 5.10 Å². The summed E-state index contributed by atoms with van der Waals surface area (Å²) >= 11 is 15.5. The van der Waals surface area contributed by atoms with Crippen LogP contribution in [0.15, 0.2) is 70.2 Å². The number of methoxy groups -OCH3 is 1. The number of para-hydroxylation sites is 1. The zero-order valence-corrected chi connectivity index (χ0v) is 21.1. The van der Waals surface area contributed by atoms with Crippen LogP contribution in [0.1, 0.15) is 21.5 Å². The Morgan fingerprint density at radius 3 is 2.62 bits per heavy atom. The molecule has 0 saturated heterocycles. The van der Waals surface area contributed by atoms with Gasteiger partial charge in [-0.1, -0.05) is 57.3 Å². The standard InChI is InChI=1S/C24H20BrCl2N3O4/c1-33-22-5-3-2-4-19(22)24(32)28-13-23(31)30-29-12-16-10-17(25)7-9-21(16)34-14-15-6-8-18(26)11-20(15)27/h2-12H,13-14H2,1H3,(H,28,32)(H,30,31). The Balaban J connectivity index is 1.57. The van der Waals surface area contributed by atoms with E-state index in [1.165, 1.54) is 13.3 Å². The average Bonchev–Trinajstić information content (AvgIpc) is 2.83. The molecule has 0 unspecified atom stereocenters. The van der Waals surface area contributed by atoms with E-state index in [1.54, 1.807) is 54.6 Å². The van der Waals surface area contributed by atoms with E-state index >= 15 is 0 Å². The van der Waals surface area contributed by atoms with Gasteiger partial charge in [-0.2, -0.15) is 5.10 Å². The molecule has 0 saturated carbocycles. The Bertz CT molecular complexity index is 1220. The number of rotatable bonds is 9. The molecule has 0 aromatic heterocycles. The summed E-state index contributed by atoms with van der Waals surface area (Å²) in [5.74, 6) is 0.0298. The minimum atomic E-state index is -0.495. The van der Waals surface area contributed by atoms with E-state index in [-0.39, 0.29) is 13.2 Å². The van der Waals surface area contributed by atoms with Gasteiger partial charge in [-0.15, -0.1) is 0 Å².